The molecule has 5 rings (SSSR count). The van der Waals surface area contributed by atoms with Crippen LogP contribution in [0, 0.1) is 0 Å². The lowest BCUT2D eigenvalue weighted by Crippen LogP contribution is -2.41. The summed E-state index contributed by atoms with van der Waals surface area (Å²) >= 11 is 0. The van der Waals surface area contributed by atoms with Crippen molar-refractivity contribution in [2.75, 3.05) is 52.5 Å². The van der Waals surface area contributed by atoms with Crippen LogP contribution >= 0.6 is 12.4 Å². The van der Waals surface area contributed by atoms with Gasteiger partial charge in [0, 0.05) is 36.3 Å². The van der Waals surface area contributed by atoms with E-state index in [1.165, 1.54) is 0 Å². The monoisotopic (exact) mass is 544 g/mol. The van der Waals surface area contributed by atoms with Gasteiger partial charge >= 0.3 is 0 Å². The molecule has 0 aromatic heterocycles. The lowest BCUT2D eigenvalue weighted by molar-refractivity contribution is -0.113. The van der Waals surface area contributed by atoms with E-state index in [9.17, 15) is 9.59 Å². The topological polar surface area (TPSA) is 59.1 Å². The van der Waals surface area contributed by atoms with E-state index in [-0.39, 0.29) is 37.2 Å². The molecule has 2 heterocycles. The van der Waals surface area contributed by atoms with Gasteiger partial charge in [0.2, 0.25) is 0 Å². The Hall–Kier alpha value is -3.71. The van der Waals surface area contributed by atoms with Crippen molar-refractivity contribution in [1.29, 1.82) is 0 Å². The summed E-state index contributed by atoms with van der Waals surface area (Å²) in [5.41, 5.74) is 3.63. The number of benzene rings is 3. The zero-order chi connectivity index (χ0) is 26.2. The minimum absolute atomic E-state index is 0. The van der Waals surface area contributed by atoms with Gasteiger partial charge in [-0.1, -0.05) is 60.7 Å². The number of likely N-dealkylation sites (tertiary alicyclic amines) is 1. The largest absolute Gasteiger partial charge is 0.492 e. The number of ether oxygens (including phenoxy) is 2. The Labute approximate surface area is 235 Å². The van der Waals surface area contributed by atoms with Crippen molar-refractivity contribution in [2.24, 2.45) is 0 Å². The van der Waals surface area contributed by atoms with Crippen molar-refractivity contribution in [3.05, 3.63) is 113 Å². The standard InChI is InChI=1S/C32H32N2O4.ClH/c35-31-28(21-25-7-3-1-4-8-25)23-34(24-29(31)22-26-9-5-2-6-10-26)32(36)27-11-13-30(14-12-27)38-20-17-33-15-18-37-19-16-33;/h1-14,21-22H,15-20,23-24H2;1H/b28-21+,29-22+;. The normalized spacial score (nSPS) is 18.2. The molecule has 0 N–H and O–H groups in total. The fraction of sp³-hybridized carbons (Fsp3) is 0.250. The molecular weight excluding hydrogens is 512 g/mol. The first-order valence-electron chi connectivity index (χ1n) is 13.0. The van der Waals surface area contributed by atoms with Crippen LogP contribution in [0.25, 0.3) is 12.2 Å². The van der Waals surface area contributed by atoms with Crippen LogP contribution in [0.15, 0.2) is 96.1 Å². The van der Waals surface area contributed by atoms with Crippen LogP contribution in [0.1, 0.15) is 21.5 Å². The number of amides is 1. The SMILES string of the molecule is Cl.O=C1/C(=C/c2ccccc2)CN(C(=O)c2ccc(OCCN3CCOCC3)cc2)C/C1=C\c1ccccc1. The van der Waals surface area contributed by atoms with E-state index in [2.05, 4.69) is 4.90 Å². The van der Waals surface area contributed by atoms with Crippen molar-refractivity contribution in [3.8, 4) is 5.75 Å². The molecule has 3 aromatic carbocycles. The van der Waals surface area contributed by atoms with Crippen LogP contribution < -0.4 is 4.74 Å². The summed E-state index contributed by atoms with van der Waals surface area (Å²) < 4.78 is 11.3. The summed E-state index contributed by atoms with van der Waals surface area (Å²) in [5, 5.41) is 0. The number of halogens is 1. The number of Topliss-reactive ketones (excluding diaryl/α,β-unsaturated/α-hetero) is 1. The fourth-order valence-corrected chi connectivity index (χ4v) is 4.68. The summed E-state index contributed by atoms with van der Waals surface area (Å²) in [6.07, 6.45) is 3.76. The number of carbonyl (C=O) groups excluding carboxylic acids is 2. The summed E-state index contributed by atoms with van der Waals surface area (Å²) in [7, 11) is 0. The van der Waals surface area contributed by atoms with Crippen LogP contribution in [0.2, 0.25) is 0 Å². The fourth-order valence-electron chi connectivity index (χ4n) is 4.68. The molecule has 6 nitrogen and oxygen atoms in total. The van der Waals surface area contributed by atoms with Gasteiger partial charge in [0.05, 0.1) is 26.3 Å². The third kappa shape index (κ3) is 7.67. The quantitative estimate of drug-likeness (QED) is 0.391. The third-order valence-corrected chi connectivity index (χ3v) is 6.76. The molecule has 0 saturated carbocycles. The second-order valence-electron chi connectivity index (χ2n) is 9.48. The maximum Gasteiger partial charge on any atom is 0.254 e. The first kappa shape index (κ1) is 28.3. The predicted octanol–water partition coefficient (Wildman–Crippen LogP) is 5.01. The summed E-state index contributed by atoms with van der Waals surface area (Å²) in [4.78, 5) is 31.0. The van der Waals surface area contributed by atoms with Gasteiger partial charge in [-0.05, 0) is 47.5 Å². The number of rotatable bonds is 7. The Morgan fingerprint density at radius 3 is 1.87 bits per heavy atom. The number of hydrogen-bond donors (Lipinski definition) is 0. The highest BCUT2D eigenvalue weighted by atomic mass is 35.5. The van der Waals surface area contributed by atoms with Crippen molar-refractivity contribution >= 4 is 36.2 Å². The van der Waals surface area contributed by atoms with Crippen molar-refractivity contribution in [3.63, 3.8) is 0 Å². The van der Waals surface area contributed by atoms with Gasteiger partial charge in [-0.15, -0.1) is 12.4 Å². The van der Waals surface area contributed by atoms with Crippen molar-refractivity contribution < 1.29 is 19.1 Å². The smallest absolute Gasteiger partial charge is 0.254 e. The summed E-state index contributed by atoms with van der Waals surface area (Å²) in [5.74, 6) is 0.596. The van der Waals surface area contributed by atoms with E-state index in [1.807, 2.05) is 84.9 Å². The van der Waals surface area contributed by atoms with E-state index in [0.717, 1.165) is 49.7 Å². The Morgan fingerprint density at radius 2 is 1.33 bits per heavy atom. The molecule has 0 atom stereocenters. The zero-order valence-electron chi connectivity index (χ0n) is 21.8. The number of morpholine rings is 1. The maximum atomic E-state index is 13.5. The minimum atomic E-state index is -0.115. The summed E-state index contributed by atoms with van der Waals surface area (Å²) in [6.45, 7) is 5.34. The van der Waals surface area contributed by atoms with Gasteiger partial charge in [0.15, 0.2) is 5.78 Å². The van der Waals surface area contributed by atoms with Gasteiger partial charge in [-0.2, -0.15) is 0 Å². The molecule has 0 radical (unpaired) electrons. The van der Waals surface area contributed by atoms with E-state index in [0.29, 0.717) is 23.3 Å². The number of nitrogens with zero attached hydrogens (tertiary/aromatic N) is 2. The lowest BCUT2D eigenvalue weighted by Gasteiger charge is -2.30. The first-order valence-corrected chi connectivity index (χ1v) is 13.0. The molecule has 2 saturated heterocycles. The molecule has 0 spiro atoms. The van der Waals surface area contributed by atoms with E-state index < -0.39 is 0 Å². The minimum Gasteiger partial charge on any atom is -0.492 e. The predicted molar refractivity (Wildman–Crippen MR) is 156 cm³/mol. The molecule has 0 bridgehead atoms. The molecule has 39 heavy (non-hydrogen) atoms. The van der Waals surface area contributed by atoms with Gasteiger partial charge in [0.1, 0.15) is 12.4 Å². The van der Waals surface area contributed by atoms with Crippen LogP contribution in [0.4, 0.5) is 0 Å². The molecule has 7 heteroatoms. The molecule has 0 unspecified atom stereocenters. The molecule has 1 amide bonds. The molecule has 202 valence electrons. The Morgan fingerprint density at radius 1 is 0.795 bits per heavy atom. The van der Waals surface area contributed by atoms with Gasteiger partial charge in [-0.25, -0.2) is 0 Å². The highest BCUT2D eigenvalue weighted by molar-refractivity contribution is 6.15. The molecule has 0 aliphatic carbocycles. The highest BCUT2D eigenvalue weighted by Crippen LogP contribution is 2.24. The number of carbonyl (C=O) groups is 2. The van der Waals surface area contributed by atoms with Crippen LogP contribution in [-0.4, -0.2) is 74.0 Å². The van der Waals surface area contributed by atoms with Crippen LogP contribution in [0.3, 0.4) is 0 Å². The number of ketones is 1. The van der Waals surface area contributed by atoms with Crippen LogP contribution in [-0.2, 0) is 9.53 Å². The van der Waals surface area contributed by atoms with Crippen molar-refractivity contribution in [1.82, 2.24) is 9.80 Å². The molecular formula is C32H33ClN2O4. The maximum absolute atomic E-state index is 13.5. The van der Waals surface area contributed by atoms with E-state index in [4.69, 9.17) is 9.47 Å². The van der Waals surface area contributed by atoms with E-state index >= 15 is 0 Å². The highest BCUT2D eigenvalue weighted by Gasteiger charge is 2.29. The molecule has 2 aliphatic rings. The van der Waals surface area contributed by atoms with Crippen molar-refractivity contribution in [2.45, 2.75) is 0 Å². The van der Waals surface area contributed by atoms with E-state index in [1.54, 1.807) is 17.0 Å². The Kier molecular flexibility index (Phi) is 10.1. The van der Waals surface area contributed by atoms with Gasteiger partial charge in [0.25, 0.3) is 5.91 Å². The lowest BCUT2D eigenvalue weighted by atomic mass is 9.93. The van der Waals surface area contributed by atoms with Gasteiger partial charge in [-0.3, -0.25) is 14.5 Å². The Bertz CT molecular complexity index is 1240. The van der Waals surface area contributed by atoms with Gasteiger partial charge < -0.3 is 14.4 Å². The second kappa shape index (κ2) is 13.9. The Balaban J connectivity index is 0.00000353. The second-order valence-corrected chi connectivity index (χ2v) is 9.48. The average molecular weight is 545 g/mol. The third-order valence-electron chi connectivity index (χ3n) is 6.76. The first-order chi connectivity index (χ1) is 18.7. The number of piperidine rings is 1. The average Bonchev–Trinajstić information content (AvgIpc) is 2.97. The van der Waals surface area contributed by atoms with Crippen LogP contribution in [0.5, 0.6) is 5.75 Å². The molecule has 2 aliphatic heterocycles. The summed E-state index contributed by atoms with van der Waals surface area (Å²) in [6, 6.07) is 26.7. The number of hydrogen-bond acceptors (Lipinski definition) is 5. The molecule has 2 fully saturated rings. The molecule has 3 aromatic rings. The zero-order valence-corrected chi connectivity index (χ0v) is 22.6.